The number of carbonyl (C=O) groups is 2. The minimum Gasteiger partial charge on any atom is -0.291 e. The number of ketones is 2. The van der Waals surface area contributed by atoms with Crippen molar-refractivity contribution < 1.29 is 22.2 Å². The summed E-state index contributed by atoms with van der Waals surface area (Å²) in [4.78, 5) is 25.0. The Morgan fingerprint density at radius 2 is 1.55 bits per heavy atom. The smallest absolute Gasteiger partial charge is 0.268 e. The fourth-order valence-corrected chi connectivity index (χ4v) is 3.75. The molecule has 0 fully saturated rings. The first-order valence-corrected chi connectivity index (χ1v) is 8.53. The SMILES string of the molecule is CCCS(=O)(=O)OC1C(=O)c2cccc3cccc(c23)C1=O. The second-order valence-corrected chi connectivity index (χ2v) is 6.89. The lowest BCUT2D eigenvalue weighted by Crippen LogP contribution is -2.39. The Kier molecular flexibility index (Phi) is 3.58. The topological polar surface area (TPSA) is 77.5 Å². The molecule has 0 bridgehead atoms. The first-order valence-electron chi connectivity index (χ1n) is 6.96. The fraction of sp³-hybridized carbons (Fsp3) is 0.250. The van der Waals surface area contributed by atoms with Gasteiger partial charge in [0.25, 0.3) is 10.1 Å². The van der Waals surface area contributed by atoms with Gasteiger partial charge in [-0.2, -0.15) is 8.42 Å². The zero-order valence-corrected chi connectivity index (χ0v) is 12.7. The molecule has 1 aliphatic rings. The molecule has 0 saturated carbocycles. The van der Waals surface area contributed by atoms with E-state index in [-0.39, 0.29) is 5.75 Å². The normalized spacial score (nSPS) is 15.5. The van der Waals surface area contributed by atoms with Crippen molar-refractivity contribution in [2.24, 2.45) is 0 Å². The Bertz CT molecular complexity index is 832. The maximum absolute atomic E-state index is 12.5. The van der Waals surface area contributed by atoms with E-state index in [0.29, 0.717) is 22.9 Å². The second kappa shape index (κ2) is 5.30. The summed E-state index contributed by atoms with van der Waals surface area (Å²) in [6, 6.07) is 10.2. The molecule has 114 valence electrons. The third kappa shape index (κ3) is 2.34. The highest BCUT2D eigenvalue weighted by Gasteiger charge is 2.39. The van der Waals surface area contributed by atoms with Crippen LogP contribution in [0.15, 0.2) is 36.4 Å². The van der Waals surface area contributed by atoms with Gasteiger partial charge in [0, 0.05) is 16.5 Å². The van der Waals surface area contributed by atoms with E-state index < -0.39 is 27.8 Å². The van der Waals surface area contributed by atoms with E-state index in [1.807, 2.05) is 0 Å². The molecule has 3 rings (SSSR count). The van der Waals surface area contributed by atoms with Crippen molar-refractivity contribution in [2.45, 2.75) is 19.4 Å². The lowest BCUT2D eigenvalue weighted by molar-refractivity contribution is 0.0673. The lowest BCUT2D eigenvalue weighted by atomic mass is 9.85. The van der Waals surface area contributed by atoms with Crippen LogP contribution in [0.25, 0.3) is 10.8 Å². The van der Waals surface area contributed by atoms with Crippen LogP contribution in [0.2, 0.25) is 0 Å². The summed E-state index contributed by atoms with van der Waals surface area (Å²) in [6.45, 7) is 1.68. The van der Waals surface area contributed by atoms with Crippen molar-refractivity contribution in [1.29, 1.82) is 0 Å². The number of hydrogen-bond acceptors (Lipinski definition) is 5. The molecule has 0 atom stereocenters. The van der Waals surface area contributed by atoms with E-state index >= 15 is 0 Å². The monoisotopic (exact) mass is 318 g/mol. The molecule has 0 aliphatic heterocycles. The number of rotatable bonds is 4. The minimum atomic E-state index is -3.91. The molecule has 0 N–H and O–H groups in total. The minimum absolute atomic E-state index is 0.226. The maximum atomic E-state index is 12.5. The first kappa shape index (κ1) is 14.9. The number of Topliss-reactive ketones (excluding diaryl/α,β-unsaturated/α-hetero) is 2. The zero-order chi connectivity index (χ0) is 15.9. The quantitative estimate of drug-likeness (QED) is 0.639. The average Bonchev–Trinajstić information content (AvgIpc) is 2.49. The Morgan fingerprint density at radius 1 is 1.00 bits per heavy atom. The van der Waals surface area contributed by atoms with Gasteiger partial charge in [0.05, 0.1) is 5.75 Å². The molecule has 0 heterocycles. The molecule has 0 spiro atoms. The maximum Gasteiger partial charge on any atom is 0.268 e. The Labute approximate surface area is 128 Å². The Morgan fingerprint density at radius 3 is 2.05 bits per heavy atom. The Hall–Kier alpha value is -2.05. The van der Waals surface area contributed by atoms with Gasteiger partial charge in [-0.05, 0) is 11.8 Å². The van der Waals surface area contributed by atoms with E-state index in [4.69, 9.17) is 4.18 Å². The summed E-state index contributed by atoms with van der Waals surface area (Å²) in [6.07, 6.45) is -1.26. The van der Waals surface area contributed by atoms with Gasteiger partial charge in [-0.3, -0.25) is 9.59 Å². The molecule has 2 aromatic carbocycles. The molecule has 0 saturated heterocycles. The molecule has 0 aromatic heterocycles. The summed E-state index contributed by atoms with van der Waals surface area (Å²) in [7, 11) is -3.91. The highest BCUT2D eigenvalue weighted by molar-refractivity contribution is 7.86. The highest BCUT2D eigenvalue weighted by atomic mass is 32.2. The van der Waals surface area contributed by atoms with Crippen LogP contribution < -0.4 is 0 Å². The van der Waals surface area contributed by atoms with Crippen molar-refractivity contribution in [2.75, 3.05) is 5.75 Å². The van der Waals surface area contributed by atoms with Crippen LogP contribution in [0.3, 0.4) is 0 Å². The third-order valence-electron chi connectivity index (χ3n) is 3.61. The average molecular weight is 318 g/mol. The van der Waals surface area contributed by atoms with Crippen molar-refractivity contribution >= 4 is 32.5 Å². The van der Waals surface area contributed by atoms with Crippen LogP contribution in [0.5, 0.6) is 0 Å². The van der Waals surface area contributed by atoms with Crippen LogP contribution in [0.1, 0.15) is 34.1 Å². The van der Waals surface area contributed by atoms with Crippen molar-refractivity contribution in [3.05, 3.63) is 47.5 Å². The molecule has 0 radical (unpaired) electrons. The molecule has 0 amide bonds. The predicted octanol–water partition coefficient (Wildman–Crippen LogP) is 2.34. The largest absolute Gasteiger partial charge is 0.291 e. The predicted molar refractivity (Wildman–Crippen MR) is 81.6 cm³/mol. The molecular formula is C16H14O5S. The lowest BCUT2D eigenvalue weighted by Gasteiger charge is -2.22. The van der Waals surface area contributed by atoms with E-state index in [1.165, 1.54) is 0 Å². The summed E-state index contributed by atoms with van der Waals surface area (Å²) in [5.74, 6) is -1.43. The van der Waals surface area contributed by atoms with Gasteiger partial charge in [-0.25, -0.2) is 4.18 Å². The molecule has 22 heavy (non-hydrogen) atoms. The summed E-state index contributed by atoms with van der Waals surface area (Å²) >= 11 is 0. The zero-order valence-electron chi connectivity index (χ0n) is 11.9. The van der Waals surface area contributed by atoms with Crippen LogP contribution in [-0.2, 0) is 14.3 Å². The highest BCUT2D eigenvalue weighted by Crippen LogP contribution is 2.31. The van der Waals surface area contributed by atoms with E-state index in [0.717, 1.165) is 5.39 Å². The second-order valence-electron chi connectivity index (χ2n) is 5.18. The molecule has 1 aliphatic carbocycles. The number of carbonyl (C=O) groups excluding carboxylic acids is 2. The van der Waals surface area contributed by atoms with Gasteiger partial charge in [0.15, 0.2) is 0 Å². The van der Waals surface area contributed by atoms with Gasteiger partial charge in [-0.15, -0.1) is 0 Å². The molecular weight excluding hydrogens is 304 g/mol. The van der Waals surface area contributed by atoms with Gasteiger partial charge in [0.2, 0.25) is 17.7 Å². The summed E-state index contributed by atoms with van der Waals surface area (Å²) < 4.78 is 28.5. The van der Waals surface area contributed by atoms with E-state index in [9.17, 15) is 18.0 Å². The number of hydrogen-bond donors (Lipinski definition) is 0. The van der Waals surface area contributed by atoms with Crippen molar-refractivity contribution in [3.8, 4) is 0 Å². The van der Waals surface area contributed by atoms with Gasteiger partial charge >= 0.3 is 0 Å². The molecule has 2 aromatic rings. The molecule has 0 unspecified atom stereocenters. The van der Waals surface area contributed by atoms with Crippen LogP contribution in [0, 0.1) is 0 Å². The van der Waals surface area contributed by atoms with Gasteiger partial charge in [-0.1, -0.05) is 43.3 Å². The number of benzene rings is 2. The standard InChI is InChI=1S/C16H14O5S/c1-2-9-22(19,20)21-16-14(17)11-7-3-5-10-6-4-8-12(13(10)11)15(16)18/h3-8,16H,2,9H2,1H3. The van der Waals surface area contributed by atoms with Crippen molar-refractivity contribution in [1.82, 2.24) is 0 Å². The van der Waals surface area contributed by atoms with Crippen LogP contribution >= 0.6 is 0 Å². The van der Waals surface area contributed by atoms with Gasteiger partial charge in [0.1, 0.15) is 0 Å². The fourth-order valence-electron chi connectivity index (χ4n) is 2.69. The van der Waals surface area contributed by atoms with Crippen LogP contribution in [-0.4, -0.2) is 31.8 Å². The van der Waals surface area contributed by atoms with E-state index in [2.05, 4.69) is 0 Å². The third-order valence-corrected chi connectivity index (χ3v) is 5.00. The summed E-state index contributed by atoms with van der Waals surface area (Å²) in [5.41, 5.74) is 0.647. The van der Waals surface area contributed by atoms with E-state index in [1.54, 1.807) is 43.3 Å². The molecule has 6 heteroatoms. The van der Waals surface area contributed by atoms with Crippen LogP contribution in [0.4, 0.5) is 0 Å². The molecule has 5 nitrogen and oxygen atoms in total. The Balaban J connectivity index is 2.12. The first-order chi connectivity index (χ1) is 10.4. The van der Waals surface area contributed by atoms with Gasteiger partial charge < -0.3 is 0 Å². The van der Waals surface area contributed by atoms with Crippen molar-refractivity contribution in [3.63, 3.8) is 0 Å². The summed E-state index contributed by atoms with van der Waals surface area (Å²) in [5, 5.41) is 1.33.